The Balaban J connectivity index is 1.48. The number of thioether (sulfide) groups is 1. The third kappa shape index (κ3) is 7.83. The van der Waals surface area contributed by atoms with Crippen LogP contribution in [0, 0.1) is 5.92 Å². The number of nitrogens with one attached hydrogen (secondary N) is 2. The number of nitrogens with two attached hydrogens (primary N) is 1. The summed E-state index contributed by atoms with van der Waals surface area (Å²) in [5, 5.41) is 24.8. The summed E-state index contributed by atoms with van der Waals surface area (Å²) in [6.07, 6.45) is 10.5. The molecular formula is C32H44N8O6S. The molecule has 1 aliphatic carbocycles. The Morgan fingerprint density at radius 1 is 1.11 bits per heavy atom. The number of Topliss-reactive ketones (excluding diaryl/α,β-unsaturated/α-hetero) is 1. The van der Waals surface area contributed by atoms with E-state index in [1.165, 1.54) is 28.2 Å². The molecule has 4 amide bonds. The molecule has 2 aliphatic heterocycles. The van der Waals surface area contributed by atoms with Crippen molar-refractivity contribution in [1.29, 1.82) is 0 Å². The zero-order valence-electron chi connectivity index (χ0n) is 26.9. The van der Waals surface area contributed by atoms with Crippen molar-refractivity contribution in [2.75, 3.05) is 18.1 Å². The van der Waals surface area contributed by atoms with Gasteiger partial charge in [-0.3, -0.25) is 29.0 Å². The van der Waals surface area contributed by atoms with Gasteiger partial charge in [0.25, 0.3) is 11.8 Å². The second kappa shape index (κ2) is 14.5. The van der Waals surface area contributed by atoms with Gasteiger partial charge in [-0.15, -0.1) is 5.10 Å². The van der Waals surface area contributed by atoms with Gasteiger partial charge in [0.1, 0.15) is 23.2 Å². The van der Waals surface area contributed by atoms with E-state index in [1.807, 2.05) is 0 Å². The maximum atomic E-state index is 14.6. The molecule has 2 aromatic heterocycles. The van der Waals surface area contributed by atoms with E-state index in [0.717, 1.165) is 32.1 Å². The fourth-order valence-electron chi connectivity index (χ4n) is 7.04. The average Bonchev–Trinajstić information content (AvgIpc) is 3.73. The van der Waals surface area contributed by atoms with E-state index in [1.54, 1.807) is 37.7 Å². The summed E-state index contributed by atoms with van der Waals surface area (Å²) >= 11 is 1.61. The molecule has 3 fully saturated rings. The van der Waals surface area contributed by atoms with Crippen molar-refractivity contribution < 1.29 is 29.1 Å². The first-order valence-corrected chi connectivity index (χ1v) is 17.4. The second-order valence-corrected chi connectivity index (χ2v) is 14.6. The average molecular weight is 669 g/mol. The van der Waals surface area contributed by atoms with Crippen LogP contribution in [-0.4, -0.2) is 95.1 Å². The van der Waals surface area contributed by atoms with Crippen LogP contribution in [0.5, 0.6) is 0 Å². The van der Waals surface area contributed by atoms with E-state index >= 15 is 0 Å². The highest BCUT2D eigenvalue weighted by molar-refractivity contribution is 7.99. The molecule has 3 atom stereocenters. The molecule has 2 aromatic rings. The summed E-state index contributed by atoms with van der Waals surface area (Å²) in [5.74, 6) is -2.12. The quantitative estimate of drug-likeness (QED) is 0.252. The van der Waals surface area contributed by atoms with Crippen molar-refractivity contribution in [1.82, 2.24) is 35.5 Å². The maximum absolute atomic E-state index is 14.6. The zero-order valence-corrected chi connectivity index (χ0v) is 27.7. The van der Waals surface area contributed by atoms with Crippen LogP contribution in [0.1, 0.15) is 93.7 Å². The monoisotopic (exact) mass is 668 g/mol. The molecule has 0 bridgehead atoms. The summed E-state index contributed by atoms with van der Waals surface area (Å²) < 4.78 is 1.53. The predicted octanol–water partition coefficient (Wildman–Crippen LogP) is 1.25. The Morgan fingerprint density at radius 3 is 2.43 bits per heavy atom. The molecule has 0 aromatic carbocycles. The maximum Gasteiger partial charge on any atom is 0.287 e. The number of likely N-dealkylation sites (tertiary alicyclic amines) is 1. The Kier molecular flexibility index (Phi) is 10.6. The molecule has 0 radical (unpaired) electrons. The number of primary amides is 1. The second-order valence-electron chi connectivity index (χ2n) is 13.4. The van der Waals surface area contributed by atoms with Crippen molar-refractivity contribution in [3.63, 3.8) is 0 Å². The van der Waals surface area contributed by atoms with Crippen molar-refractivity contribution in [3.05, 3.63) is 42.0 Å². The van der Waals surface area contributed by atoms with E-state index < -0.39 is 58.7 Å². The van der Waals surface area contributed by atoms with Gasteiger partial charge in [-0.2, -0.15) is 11.8 Å². The van der Waals surface area contributed by atoms with Crippen LogP contribution < -0.4 is 16.4 Å². The Morgan fingerprint density at radius 2 is 1.79 bits per heavy atom. The third-order valence-corrected chi connectivity index (χ3v) is 10.6. The normalized spacial score (nSPS) is 22.3. The van der Waals surface area contributed by atoms with Crippen LogP contribution in [0.2, 0.25) is 0 Å². The lowest BCUT2D eigenvalue weighted by Crippen LogP contribution is -2.63. The fourth-order valence-corrected chi connectivity index (χ4v) is 8.23. The molecule has 1 saturated carbocycles. The van der Waals surface area contributed by atoms with Crippen LogP contribution in [0.4, 0.5) is 0 Å². The van der Waals surface area contributed by atoms with Crippen LogP contribution in [-0.2, 0) is 24.8 Å². The molecule has 5 rings (SSSR count). The number of carbonyl (C=O) groups excluding carboxylic acids is 5. The number of aromatic nitrogens is 4. The minimum absolute atomic E-state index is 0.0439. The number of pyridine rings is 1. The van der Waals surface area contributed by atoms with Crippen molar-refractivity contribution in [2.24, 2.45) is 11.7 Å². The van der Waals surface area contributed by atoms with E-state index in [-0.39, 0.29) is 31.7 Å². The Hall–Kier alpha value is -3.85. The van der Waals surface area contributed by atoms with Gasteiger partial charge in [0.05, 0.1) is 17.9 Å². The molecular weight excluding hydrogens is 624 g/mol. The van der Waals surface area contributed by atoms with Crippen LogP contribution in [0.15, 0.2) is 30.7 Å². The summed E-state index contributed by atoms with van der Waals surface area (Å²) in [6, 6.07) is 0.602. The topological polar surface area (TPSA) is 202 Å². The molecule has 3 aliphatic rings. The van der Waals surface area contributed by atoms with Crippen LogP contribution in [0.25, 0.3) is 0 Å². The molecule has 47 heavy (non-hydrogen) atoms. The first-order chi connectivity index (χ1) is 22.4. The fraction of sp³-hybridized carbons (Fsp3) is 0.625. The first-order valence-electron chi connectivity index (χ1n) is 16.3. The number of carbonyl (C=O) groups is 5. The van der Waals surface area contributed by atoms with Gasteiger partial charge >= 0.3 is 0 Å². The first kappa shape index (κ1) is 34.5. The van der Waals surface area contributed by atoms with E-state index in [9.17, 15) is 29.1 Å². The molecule has 14 nitrogen and oxygen atoms in total. The van der Waals surface area contributed by atoms with Gasteiger partial charge < -0.3 is 26.4 Å². The van der Waals surface area contributed by atoms with E-state index in [4.69, 9.17) is 5.73 Å². The van der Waals surface area contributed by atoms with Gasteiger partial charge in [0, 0.05) is 30.9 Å². The van der Waals surface area contributed by atoms with Crippen molar-refractivity contribution in [2.45, 2.75) is 101 Å². The lowest BCUT2D eigenvalue weighted by atomic mass is 9.84. The van der Waals surface area contributed by atoms with Crippen molar-refractivity contribution >= 4 is 41.2 Å². The Labute approximate surface area is 278 Å². The minimum Gasteiger partial charge on any atom is -0.384 e. The van der Waals surface area contributed by atoms with Gasteiger partial charge in [-0.25, -0.2) is 4.68 Å². The number of hydrogen-bond acceptors (Lipinski definition) is 10. The largest absolute Gasteiger partial charge is 0.384 e. The van der Waals surface area contributed by atoms with Gasteiger partial charge in [-0.1, -0.05) is 37.3 Å². The highest BCUT2D eigenvalue weighted by Crippen LogP contribution is 2.35. The number of aliphatic hydroxyl groups is 1. The van der Waals surface area contributed by atoms with Crippen molar-refractivity contribution in [3.8, 4) is 0 Å². The predicted molar refractivity (Wildman–Crippen MR) is 173 cm³/mol. The van der Waals surface area contributed by atoms with Gasteiger partial charge in [0.2, 0.25) is 17.6 Å². The number of amides is 4. The summed E-state index contributed by atoms with van der Waals surface area (Å²) in [7, 11) is 0. The molecule has 4 heterocycles. The SMILES string of the molecule is CC(C)(O)c1cnnn1[C@H]1C[C@@H](C(=O)NC2(C(=O)C(N)=O)CCSCC2)N(C(=O)C(CC2CCCCC2)NC(=O)c2ccncc2)C1. The zero-order chi connectivity index (χ0) is 33.8. The number of ketones is 1. The lowest BCUT2D eigenvalue weighted by Gasteiger charge is -2.37. The molecule has 5 N–H and O–H groups in total. The van der Waals surface area contributed by atoms with Crippen LogP contribution in [0.3, 0.4) is 0 Å². The van der Waals surface area contributed by atoms with E-state index in [2.05, 4.69) is 25.9 Å². The highest BCUT2D eigenvalue weighted by atomic mass is 32.2. The highest BCUT2D eigenvalue weighted by Gasteiger charge is 2.49. The standard InChI is InChI=1S/C32H44N8O6S/c1-31(2,46)25-18-35-38-40(25)22-17-24(29(44)37-32(26(41)27(33)42)10-14-47-15-11-32)39(19-22)30(45)23(16-20-6-4-3-5-7-20)36-28(43)21-8-12-34-13-9-21/h8-9,12-13,18,20,22-24,46H,3-7,10-11,14-17,19H2,1-2H3,(H2,33,42)(H,36,43)(H,37,44)/t22-,23?,24-/m0/s1. The number of rotatable bonds is 11. The van der Waals surface area contributed by atoms with E-state index in [0.29, 0.717) is 29.2 Å². The summed E-state index contributed by atoms with van der Waals surface area (Å²) in [5.41, 5.74) is 3.41. The summed E-state index contributed by atoms with van der Waals surface area (Å²) in [6.45, 7) is 3.24. The smallest absolute Gasteiger partial charge is 0.287 e. The molecule has 2 saturated heterocycles. The Bertz CT molecular complexity index is 1470. The van der Waals surface area contributed by atoms with Gasteiger partial charge in [-0.05, 0) is 62.7 Å². The minimum atomic E-state index is -1.47. The van der Waals surface area contributed by atoms with Crippen LogP contribution >= 0.6 is 11.8 Å². The molecule has 0 spiro atoms. The summed E-state index contributed by atoms with van der Waals surface area (Å²) in [4.78, 5) is 72.8. The molecule has 15 heteroatoms. The molecule has 1 unspecified atom stereocenters. The molecule has 254 valence electrons. The van der Waals surface area contributed by atoms with Gasteiger partial charge in [0.15, 0.2) is 0 Å². The third-order valence-electron chi connectivity index (χ3n) is 9.62. The lowest BCUT2D eigenvalue weighted by molar-refractivity contribution is -0.145. The number of hydrogen-bond donors (Lipinski definition) is 4. The number of nitrogens with zero attached hydrogens (tertiary/aromatic N) is 5.